The first-order chi connectivity index (χ1) is 9.05. The topological polar surface area (TPSA) is 0 Å². The monoisotopic (exact) mass is 370 g/mol. The van der Waals surface area contributed by atoms with Crippen LogP contribution in [0.3, 0.4) is 0 Å². The first-order valence-corrected chi connectivity index (χ1v) is 16.9. The zero-order valence-corrected chi connectivity index (χ0v) is 16.9. The molecule has 0 radical (unpaired) electrons. The fourth-order valence-corrected chi connectivity index (χ4v) is 11.1. The fraction of sp³-hybridized carbons (Fsp3) is 1.00. The van der Waals surface area contributed by atoms with Crippen LogP contribution in [0, 0.1) is 5.92 Å². The van der Waals surface area contributed by atoms with Crippen molar-refractivity contribution in [2.75, 3.05) is 0 Å². The SMILES string of the molecule is CCCCCCC[CH2][Ge]([Cl])([Cl])[CH2]C(CC)CCCC. The van der Waals surface area contributed by atoms with Crippen molar-refractivity contribution in [1.82, 2.24) is 0 Å². The van der Waals surface area contributed by atoms with Crippen molar-refractivity contribution in [3.8, 4) is 0 Å². The Kier molecular flexibility index (Phi) is 13.6. The van der Waals surface area contributed by atoms with Crippen molar-refractivity contribution >= 4 is 31.4 Å². The van der Waals surface area contributed by atoms with Crippen molar-refractivity contribution < 1.29 is 0 Å². The molecule has 0 rings (SSSR count). The van der Waals surface area contributed by atoms with E-state index in [2.05, 4.69) is 20.8 Å². The Labute approximate surface area is 132 Å². The molecule has 0 fully saturated rings. The number of rotatable bonds is 13. The molecule has 0 aromatic rings. The summed E-state index contributed by atoms with van der Waals surface area (Å²) in [5.74, 6) is 0.787. The minimum atomic E-state index is -2.48. The Morgan fingerprint density at radius 1 is 0.789 bits per heavy atom. The normalized spacial score (nSPS) is 13.7. The summed E-state index contributed by atoms with van der Waals surface area (Å²) in [6.45, 7) is 6.81. The second-order valence-corrected chi connectivity index (χ2v) is 20.0. The minimum absolute atomic E-state index is 0.787. The van der Waals surface area contributed by atoms with E-state index >= 15 is 0 Å². The maximum absolute atomic E-state index is 6.68. The van der Waals surface area contributed by atoms with Gasteiger partial charge in [-0.3, -0.25) is 0 Å². The maximum atomic E-state index is 6.68. The van der Waals surface area contributed by atoms with E-state index in [4.69, 9.17) is 20.0 Å². The van der Waals surface area contributed by atoms with Gasteiger partial charge in [-0.2, -0.15) is 0 Å². The van der Waals surface area contributed by atoms with E-state index < -0.39 is 11.4 Å². The van der Waals surface area contributed by atoms with Crippen LogP contribution in [0.2, 0.25) is 10.5 Å². The molecule has 19 heavy (non-hydrogen) atoms. The molecular formula is C16H34Cl2Ge. The first-order valence-electron chi connectivity index (χ1n) is 8.43. The average molecular weight is 370 g/mol. The Balaban J connectivity index is 3.75. The van der Waals surface area contributed by atoms with Gasteiger partial charge in [0.05, 0.1) is 0 Å². The second-order valence-electron chi connectivity index (χ2n) is 5.99. The number of hydrogen-bond donors (Lipinski definition) is 0. The van der Waals surface area contributed by atoms with Crippen LogP contribution in [0.1, 0.15) is 85.0 Å². The van der Waals surface area contributed by atoms with Gasteiger partial charge < -0.3 is 0 Å². The van der Waals surface area contributed by atoms with Crippen LogP contribution in [0.4, 0.5) is 0 Å². The Bertz CT molecular complexity index is 195. The van der Waals surface area contributed by atoms with Gasteiger partial charge in [-0.1, -0.05) is 0 Å². The molecule has 3 heteroatoms. The molecule has 0 heterocycles. The molecule has 0 spiro atoms. The Hall–Kier alpha value is 1.12. The van der Waals surface area contributed by atoms with Crippen molar-refractivity contribution in [1.29, 1.82) is 0 Å². The van der Waals surface area contributed by atoms with Crippen molar-refractivity contribution in [3.63, 3.8) is 0 Å². The van der Waals surface area contributed by atoms with E-state index in [1.54, 1.807) is 0 Å². The Morgan fingerprint density at radius 2 is 1.37 bits per heavy atom. The molecule has 0 amide bonds. The van der Waals surface area contributed by atoms with Gasteiger partial charge in [0.1, 0.15) is 0 Å². The van der Waals surface area contributed by atoms with Crippen LogP contribution in [0.15, 0.2) is 0 Å². The standard InChI is InChI=1S/C16H34Cl2Ge/c1-4-7-9-10-11-12-14-19(17,18)15-16(6-3)13-8-5-2/h16H,4-15H2,1-3H3. The van der Waals surface area contributed by atoms with Crippen LogP contribution in [-0.2, 0) is 0 Å². The molecule has 0 aromatic carbocycles. The van der Waals surface area contributed by atoms with Gasteiger partial charge in [-0.15, -0.1) is 0 Å². The predicted molar refractivity (Wildman–Crippen MR) is 93.8 cm³/mol. The third-order valence-electron chi connectivity index (χ3n) is 4.03. The summed E-state index contributed by atoms with van der Waals surface area (Å²) in [6.07, 6.45) is 13.3. The molecule has 0 saturated heterocycles. The molecule has 1 unspecified atom stereocenters. The molecule has 0 aliphatic carbocycles. The van der Waals surface area contributed by atoms with E-state index in [1.165, 1.54) is 64.2 Å². The zero-order valence-electron chi connectivity index (χ0n) is 13.3. The molecule has 116 valence electrons. The molecule has 0 saturated carbocycles. The molecule has 1 atom stereocenters. The fourth-order valence-electron chi connectivity index (χ4n) is 2.63. The van der Waals surface area contributed by atoms with E-state index in [1.807, 2.05) is 0 Å². The van der Waals surface area contributed by atoms with E-state index in [9.17, 15) is 0 Å². The van der Waals surface area contributed by atoms with E-state index in [0.29, 0.717) is 0 Å². The quantitative estimate of drug-likeness (QED) is 0.233. The van der Waals surface area contributed by atoms with E-state index in [0.717, 1.165) is 16.4 Å². The molecule has 0 N–H and O–H groups in total. The van der Waals surface area contributed by atoms with Gasteiger partial charge in [-0.05, 0) is 0 Å². The van der Waals surface area contributed by atoms with Crippen molar-refractivity contribution in [2.45, 2.75) is 95.5 Å². The Morgan fingerprint density at radius 3 is 1.95 bits per heavy atom. The predicted octanol–water partition coefficient (Wildman–Crippen LogP) is 7.48. The van der Waals surface area contributed by atoms with Crippen LogP contribution >= 0.6 is 20.0 Å². The number of unbranched alkanes of at least 4 members (excludes halogenated alkanes) is 6. The zero-order chi connectivity index (χ0) is 14.6. The third-order valence-corrected chi connectivity index (χ3v) is 12.3. The van der Waals surface area contributed by atoms with Gasteiger partial charge >= 0.3 is 133 Å². The van der Waals surface area contributed by atoms with Crippen molar-refractivity contribution in [2.24, 2.45) is 5.92 Å². The molecule has 0 aliphatic heterocycles. The summed E-state index contributed by atoms with van der Waals surface area (Å²) in [5, 5.41) is 2.31. The molecule has 0 nitrogen and oxygen atoms in total. The summed E-state index contributed by atoms with van der Waals surface area (Å²) in [7, 11) is 13.4. The second kappa shape index (κ2) is 12.8. The molecule has 0 aliphatic rings. The summed E-state index contributed by atoms with van der Waals surface area (Å²) < 4.78 is 0. The molecular weight excluding hydrogens is 336 g/mol. The van der Waals surface area contributed by atoms with Crippen molar-refractivity contribution in [3.05, 3.63) is 0 Å². The van der Waals surface area contributed by atoms with Gasteiger partial charge in [-0.25, -0.2) is 0 Å². The van der Waals surface area contributed by atoms with Crippen LogP contribution < -0.4 is 0 Å². The third kappa shape index (κ3) is 12.6. The van der Waals surface area contributed by atoms with Gasteiger partial charge in [0.15, 0.2) is 0 Å². The molecule has 0 bridgehead atoms. The van der Waals surface area contributed by atoms with Gasteiger partial charge in [0.25, 0.3) is 0 Å². The first kappa shape index (κ1) is 20.1. The number of halogens is 2. The van der Waals surface area contributed by atoms with Crippen LogP contribution in [0.25, 0.3) is 0 Å². The average Bonchev–Trinajstić information content (AvgIpc) is 2.38. The summed E-state index contributed by atoms with van der Waals surface area (Å²) in [5.41, 5.74) is 0. The summed E-state index contributed by atoms with van der Waals surface area (Å²) >= 11 is -2.48. The van der Waals surface area contributed by atoms with E-state index in [-0.39, 0.29) is 0 Å². The van der Waals surface area contributed by atoms with Gasteiger partial charge in [0, 0.05) is 0 Å². The summed E-state index contributed by atoms with van der Waals surface area (Å²) in [4.78, 5) is 0. The summed E-state index contributed by atoms with van der Waals surface area (Å²) in [6, 6.07) is 0. The van der Waals surface area contributed by atoms with Crippen LogP contribution in [-0.4, -0.2) is 11.4 Å². The molecule has 0 aromatic heterocycles. The number of hydrogen-bond acceptors (Lipinski definition) is 0. The van der Waals surface area contributed by atoms with Gasteiger partial charge in [0.2, 0.25) is 0 Å². The van der Waals surface area contributed by atoms with Crippen LogP contribution in [0.5, 0.6) is 0 Å².